The topological polar surface area (TPSA) is 87.7 Å². The van der Waals surface area contributed by atoms with Gasteiger partial charge in [-0.2, -0.15) is 0 Å². The molecule has 0 unspecified atom stereocenters. The quantitative estimate of drug-likeness (QED) is 0.858. The smallest absolute Gasteiger partial charge is 0.254 e. The number of hydrogen-bond acceptors (Lipinski definition) is 4. The third-order valence-electron chi connectivity index (χ3n) is 2.64. The molecule has 2 N–H and O–H groups in total. The van der Waals surface area contributed by atoms with Gasteiger partial charge in [-0.1, -0.05) is 0 Å². The van der Waals surface area contributed by atoms with Crippen molar-refractivity contribution in [2.75, 3.05) is 5.32 Å². The summed E-state index contributed by atoms with van der Waals surface area (Å²) in [5.41, 5.74) is 1.34. The van der Waals surface area contributed by atoms with Crippen LogP contribution in [0.1, 0.15) is 17.1 Å². The van der Waals surface area contributed by atoms with Crippen LogP contribution in [0.5, 0.6) is 0 Å². The lowest BCUT2D eigenvalue weighted by Gasteiger charge is -2.06. The lowest BCUT2D eigenvalue weighted by Crippen LogP contribution is -2.24. The Morgan fingerprint density at radius 2 is 2.00 bits per heavy atom. The van der Waals surface area contributed by atoms with Crippen LogP contribution in [0, 0.1) is 13.8 Å². The first-order valence-electron chi connectivity index (χ1n) is 5.82. The average Bonchev–Trinajstić information content (AvgIpc) is 2.35. The molecule has 0 bridgehead atoms. The van der Waals surface area contributed by atoms with E-state index in [2.05, 4.69) is 20.3 Å². The van der Waals surface area contributed by atoms with Crippen molar-refractivity contribution in [2.45, 2.75) is 20.3 Å². The Balaban J connectivity index is 2.14. The van der Waals surface area contributed by atoms with E-state index in [1.807, 2.05) is 0 Å². The molecule has 0 aliphatic carbocycles. The van der Waals surface area contributed by atoms with E-state index in [-0.39, 0.29) is 17.9 Å². The summed E-state index contributed by atoms with van der Waals surface area (Å²) in [4.78, 5) is 34.2. The van der Waals surface area contributed by atoms with Crippen molar-refractivity contribution in [1.82, 2.24) is 15.0 Å². The molecule has 6 heteroatoms. The first-order valence-corrected chi connectivity index (χ1v) is 5.82. The highest BCUT2D eigenvalue weighted by molar-refractivity contribution is 5.92. The Bertz CT molecular complexity index is 649. The Morgan fingerprint density at radius 3 is 2.63 bits per heavy atom. The minimum Gasteiger partial charge on any atom is -0.326 e. The van der Waals surface area contributed by atoms with Gasteiger partial charge >= 0.3 is 0 Å². The van der Waals surface area contributed by atoms with E-state index >= 15 is 0 Å². The van der Waals surface area contributed by atoms with Crippen molar-refractivity contribution in [1.29, 1.82) is 0 Å². The number of nitrogens with zero attached hydrogens (tertiary/aromatic N) is 2. The number of amides is 1. The molecule has 0 aliphatic rings. The van der Waals surface area contributed by atoms with Gasteiger partial charge in [-0.3, -0.25) is 14.6 Å². The van der Waals surface area contributed by atoms with Crippen LogP contribution in [-0.4, -0.2) is 20.9 Å². The number of pyridine rings is 1. The van der Waals surface area contributed by atoms with E-state index in [0.717, 1.165) is 0 Å². The monoisotopic (exact) mass is 258 g/mol. The molecule has 19 heavy (non-hydrogen) atoms. The van der Waals surface area contributed by atoms with Gasteiger partial charge in [-0.25, -0.2) is 4.98 Å². The van der Waals surface area contributed by atoms with Gasteiger partial charge in [-0.05, 0) is 26.0 Å². The van der Waals surface area contributed by atoms with Gasteiger partial charge in [0.05, 0.1) is 6.42 Å². The van der Waals surface area contributed by atoms with Crippen molar-refractivity contribution in [2.24, 2.45) is 0 Å². The highest BCUT2D eigenvalue weighted by Gasteiger charge is 2.11. The number of nitrogens with one attached hydrogen (secondary N) is 2. The summed E-state index contributed by atoms with van der Waals surface area (Å²) in [6.07, 6.45) is 3.17. The normalized spacial score (nSPS) is 10.2. The summed E-state index contributed by atoms with van der Waals surface area (Å²) >= 11 is 0. The van der Waals surface area contributed by atoms with Crippen molar-refractivity contribution in [3.05, 3.63) is 52.0 Å². The highest BCUT2D eigenvalue weighted by Crippen LogP contribution is 2.05. The Hall–Kier alpha value is -2.50. The van der Waals surface area contributed by atoms with E-state index in [4.69, 9.17) is 0 Å². The van der Waals surface area contributed by atoms with Crippen molar-refractivity contribution in [3.8, 4) is 0 Å². The molecule has 2 aromatic heterocycles. The summed E-state index contributed by atoms with van der Waals surface area (Å²) < 4.78 is 0. The van der Waals surface area contributed by atoms with Crippen LogP contribution in [-0.2, 0) is 11.2 Å². The molecular formula is C13H14N4O2. The zero-order chi connectivity index (χ0) is 13.8. The molecular weight excluding hydrogens is 244 g/mol. The SMILES string of the molecule is Cc1nc(C)c(CC(=O)Nc2ccncc2)c(=O)[nH]1. The number of aromatic nitrogens is 3. The lowest BCUT2D eigenvalue weighted by molar-refractivity contribution is -0.115. The predicted octanol–water partition coefficient (Wildman–Crippen LogP) is 0.963. The Morgan fingerprint density at radius 1 is 1.32 bits per heavy atom. The van der Waals surface area contributed by atoms with Crippen molar-refractivity contribution < 1.29 is 4.79 Å². The second-order valence-electron chi connectivity index (χ2n) is 4.18. The second kappa shape index (κ2) is 5.43. The molecule has 0 fully saturated rings. The lowest BCUT2D eigenvalue weighted by atomic mass is 10.1. The molecule has 2 rings (SSSR count). The first-order chi connectivity index (χ1) is 9.06. The van der Waals surface area contributed by atoms with E-state index < -0.39 is 0 Å². The van der Waals surface area contributed by atoms with Crippen LogP contribution in [0.25, 0.3) is 0 Å². The molecule has 2 aromatic rings. The maximum atomic E-state index is 11.9. The van der Waals surface area contributed by atoms with Crippen LogP contribution in [0.2, 0.25) is 0 Å². The number of rotatable bonds is 3. The zero-order valence-electron chi connectivity index (χ0n) is 10.7. The molecule has 6 nitrogen and oxygen atoms in total. The second-order valence-corrected chi connectivity index (χ2v) is 4.18. The van der Waals surface area contributed by atoms with Crippen LogP contribution in [0.4, 0.5) is 5.69 Å². The number of anilines is 1. The van der Waals surface area contributed by atoms with Gasteiger partial charge < -0.3 is 10.3 Å². The maximum absolute atomic E-state index is 11.9. The molecule has 0 radical (unpaired) electrons. The largest absolute Gasteiger partial charge is 0.326 e. The third kappa shape index (κ3) is 3.25. The molecule has 0 saturated carbocycles. The minimum absolute atomic E-state index is 0.00320. The van der Waals surface area contributed by atoms with E-state index in [9.17, 15) is 9.59 Å². The molecule has 0 aliphatic heterocycles. The van der Waals surface area contributed by atoms with Gasteiger partial charge in [0.25, 0.3) is 5.56 Å². The molecule has 0 spiro atoms. The van der Waals surface area contributed by atoms with Crippen LogP contribution in [0.3, 0.4) is 0 Å². The first kappa shape index (κ1) is 12.9. The van der Waals surface area contributed by atoms with E-state index in [1.54, 1.807) is 38.4 Å². The Kier molecular flexibility index (Phi) is 3.70. The molecule has 98 valence electrons. The van der Waals surface area contributed by atoms with Gasteiger partial charge in [0, 0.05) is 29.3 Å². The fourth-order valence-corrected chi connectivity index (χ4v) is 1.76. The average molecular weight is 258 g/mol. The van der Waals surface area contributed by atoms with Gasteiger partial charge in [0.15, 0.2) is 0 Å². The molecule has 2 heterocycles. The Labute approximate surface area is 109 Å². The van der Waals surface area contributed by atoms with Crippen LogP contribution in [0.15, 0.2) is 29.3 Å². The fourth-order valence-electron chi connectivity index (χ4n) is 1.76. The standard InChI is InChI=1S/C13H14N4O2/c1-8-11(13(19)16-9(2)15-8)7-12(18)17-10-3-5-14-6-4-10/h3-6H,7H2,1-2H3,(H,14,17,18)(H,15,16,19). The molecule has 1 amide bonds. The summed E-state index contributed by atoms with van der Waals surface area (Å²) in [7, 11) is 0. The summed E-state index contributed by atoms with van der Waals surface area (Å²) in [6, 6.07) is 3.37. The van der Waals surface area contributed by atoms with Crippen LogP contribution < -0.4 is 10.9 Å². The third-order valence-corrected chi connectivity index (χ3v) is 2.64. The van der Waals surface area contributed by atoms with E-state index in [1.165, 1.54) is 0 Å². The fraction of sp³-hybridized carbons (Fsp3) is 0.231. The van der Waals surface area contributed by atoms with E-state index in [0.29, 0.717) is 22.8 Å². The van der Waals surface area contributed by atoms with Crippen LogP contribution >= 0.6 is 0 Å². The number of H-pyrrole nitrogens is 1. The molecule has 0 atom stereocenters. The summed E-state index contributed by atoms with van der Waals surface area (Å²) in [5, 5.41) is 2.70. The molecule has 0 aromatic carbocycles. The minimum atomic E-state index is -0.269. The molecule has 0 saturated heterocycles. The summed E-state index contributed by atoms with van der Waals surface area (Å²) in [6.45, 7) is 3.42. The number of aromatic amines is 1. The van der Waals surface area contributed by atoms with Crippen molar-refractivity contribution in [3.63, 3.8) is 0 Å². The number of carbonyl (C=O) groups excluding carboxylic acids is 1. The van der Waals surface area contributed by atoms with Gasteiger partial charge in [0.1, 0.15) is 5.82 Å². The number of hydrogen-bond donors (Lipinski definition) is 2. The summed E-state index contributed by atoms with van der Waals surface area (Å²) in [5.74, 6) is 0.284. The maximum Gasteiger partial charge on any atom is 0.254 e. The zero-order valence-corrected chi connectivity index (χ0v) is 10.7. The highest BCUT2D eigenvalue weighted by atomic mass is 16.2. The predicted molar refractivity (Wildman–Crippen MR) is 70.9 cm³/mol. The van der Waals surface area contributed by atoms with Gasteiger partial charge in [-0.15, -0.1) is 0 Å². The number of carbonyl (C=O) groups is 1. The number of aryl methyl sites for hydroxylation is 2. The van der Waals surface area contributed by atoms with Crippen molar-refractivity contribution >= 4 is 11.6 Å². The van der Waals surface area contributed by atoms with Gasteiger partial charge in [0.2, 0.25) is 5.91 Å².